The number of hydrogen-bond donors (Lipinski definition) is 2. The zero-order valence-electron chi connectivity index (χ0n) is 15.8. The van der Waals surface area contributed by atoms with Gasteiger partial charge in [-0.25, -0.2) is 0 Å². The van der Waals surface area contributed by atoms with Crippen LogP contribution in [-0.2, 0) is 4.79 Å². The average Bonchev–Trinajstić information content (AvgIpc) is 2.65. The number of anilines is 2. The smallest absolute Gasteiger partial charge is 0.279 e. The number of nitrogens with one attached hydrogen (secondary N) is 2. The predicted octanol–water partition coefficient (Wildman–Crippen LogP) is 1.66. The van der Waals surface area contributed by atoms with Crippen LogP contribution in [0.3, 0.4) is 0 Å². The minimum atomic E-state index is 0.0894. The van der Waals surface area contributed by atoms with Crippen LogP contribution >= 0.6 is 0 Å². The molecular formula is C21H28N3O2+. The van der Waals surface area contributed by atoms with Gasteiger partial charge in [0.05, 0.1) is 33.3 Å². The summed E-state index contributed by atoms with van der Waals surface area (Å²) in [5.74, 6) is 0.965. The standard InChI is InChI=1S/C21H27N3O2/c1-16-4-5-17(2)20(14-16)22-21(25)15-23-10-12-24(13-11-23)18-6-8-19(26-3)9-7-18/h4-9,14H,10-13,15H2,1-3H3,(H,22,25)/p+1. The Morgan fingerprint density at radius 1 is 1.12 bits per heavy atom. The second-order valence-electron chi connectivity index (χ2n) is 6.98. The van der Waals surface area contributed by atoms with Gasteiger partial charge in [0, 0.05) is 11.4 Å². The van der Waals surface area contributed by atoms with Crippen LogP contribution in [-0.4, -0.2) is 45.7 Å². The topological polar surface area (TPSA) is 46.0 Å². The van der Waals surface area contributed by atoms with Gasteiger partial charge in [0.25, 0.3) is 5.91 Å². The first-order valence-corrected chi connectivity index (χ1v) is 9.15. The number of nitrogens with zero attached hydrogens (tertiary/aromatic N) is 1. The van der Waals surface area contributed by atoms with E-state index in [1.807, 2.05) is 38.1 Å². The number of piperazine rings is 1. The first kappa shape index (κ1) is 18.3. The van der Waals surface area contributed by atoms with Crippen molar-refractivity contribution in [2.75, 3.05) is 50.1 Å². The number of benzene rings is 2. The van der Waals surface area contributed by atoms with Gasteiger partial charge in [-0.05, 0) is 55.3 Å². The fourth-order valence-corrected chi connectivity index (χ4v) is 3.34. The van der Waals surface area contributed by atoms with Gasteiger partial charge in [0.2, 0.25) is 0 Å². The molecule has 2 aromatic rings. The molecular weight excluding hydrogens is 326 g/mol. The van der Waals surface area contributed by atoms with Crippen LogP contribution in [0.15, 0.2) is 42.5 Å². The molecule has 138 valence electrons. The van der Waals surface area contributed by atoms with E-state index in [1.54, 1.807) is 7.11 Å². The van der Waals surface area contributed by atoms with E-state index < -0.39 is 0 Å². The van der Waals surface area contributed by atoms with Crippen molar-refractivity contribution in [2.24, 2.45) is 0 Å². The molecule has 2 aromatic carbocycles. The van der Waals surface area contributed by atoms with Gasteiger partial charge in [-0.2, -0.15) is 0 Å². The molecule has 1 aliphatic heterocycles. The van der Waals surface area contributed by atoms with E-state index in [4.69, 9.17) is 4.74 Å². The largest absolute Gasteiger partial charge is 0.497 e. The lowest BCUT2D eigenvalue weighted by molar-refractivity contribution is -0.892. The Morgan fingerprint density at radius 2 is 1.81 bits per heavy atom. The van der Waals surface area contributed by atoms with Gasteiger partial charge in [-0.15, -0.1) is 0 Å². The summed E-state index contributed by atoms with van der Waals surface area (Å²) in [6.45, 7) is 8.42. The molecule has 0 bridgehead atoms. The molecule has 26 heavy (non-hydrogen) atoms. The number of amides is 1. The molecule has 0 unspecified atom stereocenters. The molecule has 0 atom stereocenters. The minimum absolute atomic E-state index is 0.0894. The molecule has 1 aliphatic rings. The number of hydrogen-bond acceptors (Lipinski definition) is 3. The summed E-state index contributed by atoms with van der Waals surface area (Å²) in [6, 6.07) is 14.3. The molecule has 3 rings (SSSR count). The van der Waals surface area contributed by atoms with Crippen molar-refractivity contribution in [1.82, 2.24) is 0 Å². The van der Waals surface area contributed by atoms with Crippen molar-refractivity contribution in [3.05, 3.63) is 53.6 Å². The van der Waals surface area contributed by atoms with Crippen LogP contribution in [0.2, 0.25) is 0 Å². The molecule has 5 nitrogen and oxygen atoms in total. The lowest BCUT2D eigenvalue weighted by Gasteiger charge is -2.33. The highest BCUT2D eigenvalue weighted by molar-refractivity contribution is 5.92. The molecule has 2 N–H and O–H groups in total. The molecule has 1 amide bonds. The quantitative estimate of drug-likeness (QED) is 0.858. The van der Waals surface area contributed by atoms with E-state index in [0.29, 0.717) is 6.54 Å². The zero-order valence-corrected chi connectivity index (χ0v) is 15.8. The lowest BCUT2D eigenvalue weighted by Crippen LogP contribution is -3.15. The molecule has 5 heteroatoms. The van der Waals surface area contributed by atoms with Gasteiger partial charge in [-0.3, -0.25) is 4.79 Å². The third kappa shape index (κ3) is 4.55. The minimum Gasteiger partial charge on any atom is -0.497 e. The molecule has 0 aromatic heterocycles. The Bertz CT molecular complexity index is 750. The van der Waals surface area contributed by atoms with E-state index >= 15 is 0 Å². The maximum absolute atomic E-state index is 12.4. The molecule has 0 radical (unpaired) electrons. The molecule has 0 aliphatic carbocycles. The van der Waals surface area contributed by atoms with Crippen LogP contribution < -0.4 is 19.9 Å². The predicted molar refractivity (Wildman–Crippen MR) is 105 cm³/mol. The highest BCUT2D eigenvalue weighted by Crippen LogP contribution is 2.19. The van der Waals surface area contributed by atoms with E-state index in [0.717, 1.165) is 48.7 Å². The van der Waals surface area contributed by atoms with Gasteiger partial charge in [0.1, 0.15) is 5.75 Å². The fraction of sp³-hybridized carbons (Fsp3) is 0.381. The van der Waals surface area contributed by atoms with E-state index in [2.05, 4.69) is 28.4 Å². The number of methoxy groups -OCH3 is 1. The number of carbonyl (C=O) groups is 1. The van der Waals surface area contributed by atoms with Crippen LogP contribution in [0.5, 0.6) is 5.75 Å². The van der Waals surface area contributed by atoms with Gasteiger partial charge < -0.3 is 19.9 Å². The third-order valence-corrected chi connectivity index (χ3v) is 4.99. The van der Waals surface area contributed by atoms with Crippen LogP contribution in [0.1, 0.15) is 11.1 Å². The summed E-state index contributed by atoms with van der Waals surface area (Å²) in [7, 11) is 1.68. The Balaban J connectivity index is 1.50. The number of ether oxygens (including phenoxy) is 1. The zero-order chi connectivity index (χ0) is 18.5. The molecule has 1 heterocycles. The van der Waals surface area contributed by atoms with Gasteiger partial charge in [-0.1, -0.05) is 12.1 Å². The van der Waals surface area contributed by atoms with Crippen molar-refractivity contribution in [3.63, 3.8) is 0 Å². The summed E-state index contributed by atoms with van der Waals surface area (Å²) in [5.41, 5.74) is 4.39. The van der Waals surface area contributed by atoms with Crippen LogP contribution in [0.25, 0.3) is 0 Å². The first-order chi connectivity index (χ1) is 12.5. The van der Waals surface area contributed by atoms with Crippen molar-refractivity contribution in [2.45, 2.75) is 13.8 Å². The summed E-state index contributed by atoms with van der Waals surface area (Å²) in [6.07, 6.45) is 0. The number of rotatable bonds is 5. The number of quaternary nitrogens is 1. The number of carbonyl (C=O) groups excluding carboxylic acids is 1. The number of aryl methyl sites for hydroxylation is 2. The summed E-state index contributed by atoms with van der Waals surface area (Å²) in [4.78, 5) is 16.1. The Labute approximate surface area is 155 Å². The van der Waals surface area contributed by atoms with Crippen molar-refractivity contribution >= 4 is 17.3 Å². The van der Waals surface area contributed by atoms with E-state index in [1.165, 1.54) is 10.6 Å². The normalized spacial score (nSPS) is 15.0. The highest BCUT2D eigenvalue weighted by Gasteiger charge is 2.22. The second kappa shape index (κ2) is 8.23. The Morgan fingerprint density at radius 3 is 2.46 bits per heavy atom. The van der Waals surface area contributed by atoms with E-state index in [9.17, 15) is 4.79 Å². The summed E-state index contributed by atoms with van der Waals surface area (Å²) < 4.78 is 5.21. The van der Waals surface area contributed by atoms with Crippen molar-refractivity contribution in [1.29, 1.82) is 0 Å². The van der Waals surface area contributed by atoms with Crippen LogP contribution in [0.4, 0.5) is 11.4 Å². The SMILES string of the molecule is COc1ccc(N2CC[NH+](CC(=O)Nc3cc(C)ccc3C)CC2)cc1. The highest BCUT2D eigenvalue weighted by atomic mass is 16.5. The van der Waals surface area contributed by atoms with Gasteiger partial charge >= 0.3 is 0 Å². The average molecular weight is 354 g/mol. The molecule has 0 saturated carbocycles. The van der Waals surface area contributed by atoms with Crippen molar-refractivity contribution < 1.29 is 14.4 Å². The third-order valence-electron chi connectivity index (χ3n) is 4.99. The molecule has 1 saturated heterocycles. The second-order valence-corrected chi connectivity index (χ2v) is 6.98. The maximum atomic E-state index is 12.4. The van der Waals surface area contributed by atoms with E-state index in [-0.39, 0.29) is 5.91 Å². The lowest BCUT2D eigenvalue weighted by atomic mass is 10.1. The fourth-order valence-electron chi connectivity index (χ4n) is 3.34. The summed E-state index contributed by atoms with van der Waals surface area (Å²) in [5, 5.41) is 3.07. The summed E-state index contributed by atoms with van der Waals surface area (Å²) >= 11 is 0. The maximum Gasteiger partial charge on any atom is 0.279 e. The first-order valence-electron chi connectivity index (χ1n) is 9.15. The molecule has 1 fully saturated rings. The van der Waals surface area contributed by atoms with Gasteiger partial charge in [0.15, 0.2) is 6.54 Å². The molecule has 0 spiro atoms. The van der Waals surface area contributed by atoms with Crippen molar-refractivity contribution in [3.8, 4) is 5.75 Å². The monoisotopic (exact) mass is 354 g/mol. The Hall–Kier alpha value is -2.53. The Kier molecular flexibility index (Phi) is 5.78. The van der Waals surface area contributed by atoms with Crippen LogP contribution in [0, 0.1) is 13.8 Å².